The maximum atomic E-state index is 9.63. The largest absolute Gasteiger partial charge is 0.228 e. The number of fused-ring (bicyclic) bond motifs is 5. The molecule has 3 nitrogen and oxygen atoms in total. The summed E-state index contributed by atoms with van der Waals surface area (Å²) >= 11 is 0. The second-order valence-corrected chi connectivity index (χ2v) is 13.6. The van der Waals surface area contributed by atoms with Crippen LogP contribution >= 0.6 is 0 Å². The van der Waals surface area contributed by atoms with Gasteiger partial charge in [-0.15, -0.1) is 0 Å². The van der Waals surface area contributed by atoms with Crippen molar-refractivity contribution in [2.45, 2.75) is 37.5 Å². The summed E-state index contributed by atoms with van der Waals surface area (Å²) in [6.45, 7) is 0. The Balaban J connectivity index is 1.02. The van der Waals surface area contributed by atoms with E-state index in [0.717, 1.165) is 39.5 Å². The Morgan fingerprint density at radius 1 is 0.440 bits per heavy atom. The van der Waals surface area contributed by atoms with Crippen molar-refractivity contribution in [3.05, 3.63) is 168 Å². The minimum atomic E-state index is 0.0575. The summed E-state index contributed by atoms with van der Waals surface area (Å²) in [7, 11) is 0. The van der Waals surface area contributed by atoms with E-state index >= 15 is 0 Å². The van der Waals surface area contributed by atoms with Crippen LogP contribution < -0.4 is 0 Å². The van der Waals surface area contributed by atoms with E-state index in [1.807, 2.05) is 42.5 Å². The smallest absolute Gasteiger partial charge is 0.160 e. The topological polar surface area (TPSA) is 49.6 Å². The van der Waals surface area contributed by atoms with Gasteiger partial charge in [-0.05, 0) is 81.6 Å². The van der Waals surface area contributed by atoms with Gasteiger partial charge in [0.15, 0.2) is 5.82 Å². The summed E-state index contributed by atoms with van der Waals surface area (Å²) < 4.78 is 0. The third kappa shape index (κ3) is 5.21. The van der Waals surface area contributed by atoms with E-state index in [4.69, 9.17) is 9.97 Å². The molecule has 0 aliphatic heterocycles. The number of nitrogens with zero attached hydrogens (tertiary/aromatic N) is 3. The van der Waals surface area contributed by atoms with E-state index < -0.39 is 0 Å². The van der Waals surface area contributed by atoms with Gasteiger partial charge in [0, 0.05) is 22.1 Å². The summed E-state index contributed by atoms with van der Waals surface area (Å²) in [5, 5.41) is 9.63. The SMILES string of the molecule is N#Cc1ccc2c(c1)-c1ccc(-c3ccc(-c4ccc(-c5cc(-c6ccccc6)nc(-c6ccccc6)n5)cc4)cc3)cc1C21CCCCC1. The van der Waals surface area contributed by atoms with Gasteiger partial charge in [0.05, 0.1) is 23.0 Å². The van der Waals surface area contributed by atoms with Crippen LogP contribution in [-0.2, 0) is 5.41 Å². The minimum absolute atomic E-state index is 0.0575. The normalized spacial score (nSPS) is 14.1. The lowest BCUT2D eigenvalue weighted by Gasteiger charge is -2.36. The lowest BCUT2D eigenvalue weighted by atomic mass is 9.67. The second kappa shape index (κ2) is 12.4. The van der Waals surface area contributed by atoms with Gasteiger partial charge in [0.2, 0.25) is 0 Å². The van der Waals surface area contributed by atoms with Crippen LogP contribution in [0.3, 0.4) is 0 Å². The van der Waals surface area contributed by atoms with E-state index in [-0.39, 0.29) is 5.41 Å². The van der Waals surface area contributed by atoms with Crippen LogP contribution in [0.15, 0.2) is 152 Å². The molecule has 0 N–H and O–H groups in total. The minimum Gasteiger partial charge on any atom is -0.228 e. The van der Waals surface area contributed by atoms with E-state index in [1.165, 1.54) is 76.6 Å². The van der Waals surface area contributed by atoms with Crippen molar-refractivity contribution in [3.8, 4) is 73.4 Å². The first-order chi connectivity index (χ1) is 24.7. The van der Waals surface area contributed by atoms with Crippen LogP contribution in [0.5, 0.6) is 0 Å². The fourth-order valence-electron chi connectivity index (χ4n) is 8.20. The number of rotatable bonds is 5. The molecule has 6 aromatic carbocycles. The van der Waals surface area contributed by atoms with Gasteiger partial charge in [0.25, 0.3) is 0 Å². The summed E-state index contributed by atoms with van der Waals surface area (Å²) in [5.41, 5.74) is 15.9. The predicted molar refractivity (Wildman–Crippen MR) is 203 cm³/mol. The highest BCUT2D eigenvalue weighted by molar-refractivity contribution is 5.85. The molecule has 0 radical (unpaired) electrons. The summed E-state index contributed by atoms with van der Waals surface area (Å²) in [5.74, 6) is 0.721. The van der Waals surface area contributed by atoms with Gasteiger partial charge in [-0.3, -0.25) is 0 Å². The molecule has 1 saturated carbocycles. The molecule has 238 valence electrons. The molecule has 2 aliphatic carbocycles. The zero-order valence-corrected chi connectivity index (χ0v) is 27.8. The molecule has 1 heterocycles. The van der Waals surface area contributed by atoms with E-state index in [2.05, 4.69) is 115 Å². The van der Waals surface area contributed by atoms with E-state index in [0.29, 0.717) is 0 Å². The Morgan fingerprint density at radius 2 is 0.980 bits per heavy atom. The predicted octanol–water partition coefficient (Wildman–Crippen LogP) is 11.9. The zero-order chi connectivity index (χ0) is 33.5. The third-order valence-electron chi connectivity index (χ3n) is 10.8. The van der Waals surface area contributed by atoms with Crippen molar-refractivity contribution in [3.63, 3.8) is 0 Å². The van der Waals surface area contributed by atoms with Crippen LogP contribution in [-0.4, -0.2) is 9.97 Å². The molecule has 0 atom stereocenters. The average Bonchev–Trinajstić information content (AvgIpc) is 3.46. The maximum absolute atomic E-state index is 9.63. The van der Waals surface area contributed by atoms with Gasteiger partial charge in [-0.2, -0.15) is 5.26 Å². The molecule has 0 saturated heterocycles. The lowest BCUT2D eigenvalue weighted by Crippen LogP contribution is -2.28. The van der Waals surface area contributed by atoms with E-state index in [1.54, 1.807) is 0 Å². The fourth-order valence-corrected chi connectivity index (χ4v) is 8.20. The van der Waals surface area contributed by atoms with Crippen molar-refractivity contribution in [2.24, 2.45) is 0 Å². The Labute approximate surface area is 293 Å². The lowest BCUT2D eigenvalue weighted by molar-refractivity contribution is 0.353. The highest BCUT2D eigenvalue weighted by atomic mass is 14.9. The van der Waals surface area contributed by atoms with Crippen LogP contribution in [0.2, 0.25) is 0 Å². The summed E-state index contributed by atoms with van der Waals surface area (Å²) in [6.07, 6.45) is 6.14. The number of hydrogen-bond donors (Lipinski definition) is 0. The number of hydrogen-bond acceptors (Lipinski definition) is 3. The highest BCUT2D eigenvalue weighted by Crippen LogP contribution is 2.56. The van der Waals surface area contributed by atoms with Crippen molar-refractivity contribution >= 4 is 0 Å². The Hall–Kier alpha value is -6.11. The van der Waals surface area contributed by atoms with E-state index in [9.17, 15) is 5.26 Å². The number of nitriles is 1. The Morgan fingerprint density at radius 3 is 1.60 bits per heavy atom. The molecular formula is C47H35N3. The first kappa shape index (κ1) is 30.0. The Bertz CT molecular complexity index is 2320. The van der Waals surface area contributed by atoms with Gasteiger partial charge >= 0.3 is 0 Å². The molecule has 1 spiro atoms. The van der Waals surface area contributed by atoms with Crippen molar-refractivity contribution in [1.82, 2.24) is 9.97 Å². The van der Waals surface area contributed by atoms with Crippen LogP contribution in [0.1, 0.15) is 48.8 Å². The van der Waals surface area contributed by atoms with Gasteiger partial charge in [0.1, 0.15) is 0 Å². The van der Waals surface area contributed by atoms with Crippen LogP contribution in [0.4, 0.5) is 0 Å². The van der Waals surface area contributed by atoms with Gasteiger partial charge < -0.3 is 0 Å². The number of benzene rings is 6. The molecule has 0 unspecified atom stereocenters. The average molecular weight is 642 g/mol. The third-order valence-corrected chi connectivity index (χ3v) is 10.8. The molecule has 3 heteroatoms. The first-order valence-electron chi connectivity index (χ1n) is 17.6. The molecule has 9 rings (SSSR count). The highest BCUT2D eigenvalue weighted by Gasteiger charge is 2.43. The van der Waals surface area contributed by atoms with Gasteiger partial charge in [-0.1, -0.05) is 147 Å². The summed E-state index contributed by atoms with van der Waals surface area (Å²) in [4.78, 5) is 9.94. The molecular weight excluding hydrogens is 607 g/mol. The standard InChI is InChI=1S/C47H35N3/c48-31-32-14-25-42-41(28-32)40-24-23-39(29-43(40)47(42)26-8-3-9-27-47)35-17-15-33(16-18-35)34-19-21-37(22-20-34)45-30-44(36-10-4-1-5-11-36)49-46(50-45)38-12-6-2-7-13-38/h1-2,4-7,10-25,28-30H,3,8-9,26-27H2. The molecule has 1 aromatic heterocycles. The second-order valence-electron chi connectivity index (χ2n) is 13.6. The monoisotopic (exact) mass is 641 g/mol. The fraction of sp³-hybridized carbons (Fsp3) is 0.128. The van der Waals surface area contributed by atoms with Crippen molar-refractivity contribution < 1.29 is 0 Å². The molecule has 2 aliphatic rings. The molecule has 0 bridgehead atoms. The molecule has 50 heavy (non-hydrogen) atoms. The van der Waals surface area contributed by atoms with Crippen LogP contribution in [0, 0.1) is 11.3 Å². The van der Waals surface area contributed by atoms with Gasteiger partial charge in [-0.25, -0.2) is 9.97 Å². The maximum Gasteiger partial charge on any atom is 0.160 e. The number of aromatic nitrogens is 2. The first-order valence-corrected chi connectivity index (χ1v) is 17.6. The molecule has 7 aromatic rings. The van der Waals surface area contributed by atoms with Crippen molar-refractivity contribution in [2.75, 3.05) is 0 Å². The zero-order valence-electron chi connectivity index (χ0n) is 27.8. The molecule has 1 fully saturated rings. The van der Waals surface area contributed by atoms with Crippen molar-refractivity contribution in [1.29, 1.82) is 5.26 Å². The van der Waals surface area contributed by atoms with Crippen LogP contribution in [0.25, 0.3) is 67.3 Å². The quantitative estimate of drug-likeness (QED) is 0.188. The Kier molecular flexibility index (Phi) is 7.44. The summed E-state index contributed by atoms with van der Waals surface area (Å²) in [6, 6.07) is 55.9. The molecule has 0 amide bonds.